The summed E-state index contributed by atoms with van der Waals surface area (Å²) in [6.45, 7) is 4.89. The fourth-order valence-electron chi connectivity index (χ4n) is 3.16. The molecule has 158 valence electrons. The van der Waals surface area contributed by atoms with Crippen LogP contribution in [0.1, 0.15) is 17.0 Å². The monoisotopic (exact) mass is 490 g/mol. The number of aryl methyl sites for hydroxylation is 3. The van der Waals surface area contributed by atoms with Crippen molar-refractivity contribution in [3.05, 3.63) is 70.0 Å². The molecule has 0 spiro atoms. The van der Waals surface area contributed by atoms with E-state index in [1.54, 1.807) is 51.2 Å². The van der Waals surface area contributed by atoms with Crippen LogP contribution in [0.4, 0.5) is 11.4 Å². The number of aromatic nitrogens is 2. The van der Waals surface area contributed by atoms with E-state index in [4.69, 9.17) is 0 Å². The predicted molar refractivity (Wildman–Crippen MR) is 121 cm³/mol. The number of carbonyl (C=O) groups is 1. The lowest BCUT2D eigenvalue weighted by Crippen LogP contribution is -2.38. The van der Waals surface area contributed by atoms with Gasteiger partial charge in [0.25, 0.3) is 10.0 Å². The van der Waals surface area contributed by atoms with Crippen molar-refractivity contribution >= 4 is 43.2 Å². The van der Waals surface area contributed by atoms with Gasteiger partial charge in [-0.15, -0.1) is 0 Å². The molecule has 0 aliphatic heterocycles. The zero-order valence-corrected chi connectivity index (χ0v) is 19.6. The lowest BCUT2D eigenvalue weighted by molar-refractivity contribution is -0.114. The van der Waals surface area contributed by atoms with Gasteiger partial charge in [-0.1, -0.05) is 39.7 Å². The summed E-state index contributed by atoms with van der Waals surface area (Å²) in [6.07, 6.45) is 0. The van der Waals surface area contributed by atoms with E-state index in [2.05, 4.69) is 26.3 Å². The van der Waals surface area contributed by atoms with Gasteiger partial charge in [0.05, 0.1) is 17.1 Å². The molecule has 1 aromatic heterocycles. The van der Waals surface area contributed by atoms with Gasteiger partial charge in [0, 0.05) is 17.2 Å². The minimum absolute atomic E-state index is 0.112. The molecule has 0 radical (unpaired) electrons. The zero-order chi connectivity index (χ0) is 22.1. The van der Waals surface area contributed by atoms with Crippen LogP contribution in [0.5, 0.6) is 0 Å². The van der Waals surface area contributed by atoms with E-state index in [0.29, 0.717) is 22.8 Å². The molecule has 9 heteroatoms. The van der Waals surface area contributed by atoms with Crippen LogP contribution in [0.15, 0.2) is 57.9 Å². The summed E-state index contributed by atoms with van der Waals surface area (Å²) < 4.78 is 30.7. The molecule has 7 nitrogen and oxygen atoms in total. The van der Waals surface area contributed by atoms with Gasteiger partial charge in [-0.2, -0.15) is 5.10 Å². The Balaban J connectivity index is 2.00. The molecule has 1 heterocycles. The summed E-state index contributed by atoms with van der Waals surface area (Å²) in [4.78, 5) is 12.9. The number of nitrogens with zero attached hydrogens (tertiary/aromatic N) is 3. The Morgan fingerprint density at radius 2 is 1.80 bits per heavy atom. The molecule has 0 saturated carbocycles. The molecule has 0 aliphatic rings. The molecule has 0 unspecified atom stereocenters. The van der Waals surface area contributed by atoms with Crippen LogP contribution in [0.2, 0.25) is 0 Å². The lowest BCUT2D eigenvalue weighted by atomic mass is 10.2. The first-order valence-electron chi connectivity index (χ1n) is 9.24. The van der Waals surface area contributed by atoms with Gasteiger partial charge in [0.15, 0.2) is 0 Å². The second-order valence-electron chi connectivity index (χ2n) is 7.03. The highest BCUT2D eigenvalue weighted by atomic mass is 79.9. The van der Waals surface area contributed by atoms with Crippen molar-refractivity contribution in [1.82, 2.24) is 9.78 Å². The van der Waals surface area contributed by atoms with Gasteiger partial charge < -0.3 is 5.32 Å². The van der Waals surface area contributed by atoms with E-state index in [9.17, 15) is 13.2 Å². The average Bonchev–Trinajstić information content (AvgIpc) is 2.93. The maximum Gasteiger partial charge on any atom is 0.268 e. The van der Waals surface area contributed by atoms with E-state index >= 15 is 0 Å². The van der Waals surface area contributed by atoms with Crippen LogP contribution in [0.3, 0.4) is 0 Å². The normalized spacial score (nSPS) is 11.4. The highest BCUT2D eigenvalue weighted by Crippen LogP contribution is 2.28. The van der Waals surface area contributed by atoms with Gasteiger partial charge in [-0.3, -0.25) is 13.8 Å². The summed E-state index contributed by atoms with van der Waals surface area (Å²) >= 11 is 3.36. The van der Waals surface area contributed by atoms with Crippen LogP contribution in [-0.4, -0.2) is 30.7 Å². The largest absolute Gasteiger partial charge is 0.324 e. The van der Waals surface area contributed by atoms with Crippen LogP contribution < -0.4 is 9.62 Å². The molecular weight excluding hydrogens is 468 g/mol. The topological polar surface area (TPSA) is 84.3 Å². The number of hydrogen-bond acceptors (Lipinski definition) is 4. The number of sulfonamides is 1. The molecule has 2 aromatic carbocycles. The van der Waals surface area contributed by atoms with Crippen LogP contribution >= 0.6 is 15.9 Å². The third kappa shape index (κ3) is 4.57. The van der Waals surface area contributed by atoms with Gasteiger partial charge in [-0.05, 0) is 51.1 Å². The van der Waals surface area contributed by atoms with E-state index in [0.717, 1.165) is 14.3 Å². The van der Waals surface area contributed by atoms with Gasteiger partial charge in [-0.25, -0.2) is 8.42 Å². The summed E-state index contributed by atoms with van der Waals surface area (Å²) in [5.74, 6) is -0.448. The van der Waals surface area contributed by atoms with Crippen molar-refractivity contribution in [2.24, 2.45) is 7.05 Å². The van der Waals surface area contributed by atoms with E-state index < -0.39 is 15.9 Å². The van der Waals surface area contributed by atoms with Crippen molar-refractivity contribution in [3.8, 4) is 0 Å². The Kier molecular flexibility index (Phi) is 6.33. The molecular formula is C21H23BrN4O3S. The van der Waals surface area contributed by atoms with Crippen molar-refractivity contribution in [2.75, 3.05) is 16.2 Å². The minimum Gasteiger partial charge on any atom is -0.324 e. The number of halogens is 1. The van der Waals surface area contributed by atoms with Crippen LogP contribution in [0, 0.1) is 20.8 Å². The number of amides is 1. The van der Waals surface area contributed by atoms with Crippen LogP contribution in [-0.2, 0) is 21.9 Å². The third-order valence-corrected chi connectivity index (χ3v) is 7.23. The van der Waals surface area contributed by atoms with E-state index in [1.807, 2.05) is 25.1 Å². The summed E-state index contributed by atoms with van der Waals surface area (Å²) in [5, 5.41) is 6.99. The van der Waals surface area contributed by atoms with Crippen molar-refractivity contribution in [2.45, 2.75) is 25.7 Å². The van der Waals surface area contributed by atoms with Crippen molar-refractivity contribution in [3.63, 3.8) is 0 Å². The van der Waals surface area contributed by atoms with Gasteiger partial charge in [0.2, 0.25) is 5.91 Å². The molecule has 0 saturated heterocycles. The standard InChI is InChI=1S/C21H23BrN4O3S/c1-14-8-10-19(11-9-14)26(13-20(27)23-18-7-5-6-17(22)12-18)30(28,29)21-15(2)24-25(4)16(21)3/h5-12H,13H2,1-4H3,(H,23,27). The quantitative estimate of drug-likeness (QED) is 0.566. The van der Waals surface area contributed by atoms with Crippen molar-refractivity contribution < 1.29 is 13.2 Å². The summed E-state index contributed by atoms with van der Waals surface area (Å²) in [6, 6.07) is 14.1. The second kappa shape index (κ2) is 8.61. The lowest BCUT2D eigenvalue weighted by Gasteiger charge is -2.24. The number of carbonyl (C=O) groups excluding carboxylic acids is 1. The number of nitrogens with one attached hydrogen (secondary N) is 1. The van der Waals surface area contributed by atoms with Crippen LogP contribution in [0.25, 0.3) is 0 Å². The number of rotatable bonds is 6. The first-order valence-corrected chi connectivity index (χ1v) is 11.5. The Hall–Kier alpha value is -2.65. The molecule has 0 aliphatic carbocycles. The van der Waals surface area contributed by atoms with Gasteiger partial charge in [0.1, 0.15) is 11.4 Å². The fraction of sp³-hybridized carbons (Fsp3) is 0.238. The van der Waals surface area contributed by atoms with E-state index in [-0.39, 0.29) is 11.4 Å². The third-order valence-electron chi connectivity index (χ3n) is 4.71. The summed E-state index contributed by atoms with van der Waals surface area (Å²) in [7, 11) is -2.33. The average molecular weight is 491 g/mol. The molecule has 0 bridgehead atoms. The molecule has 30 heavy (non-hydrogen) atoms. The smallest absolute Gasteiger partial charge is 0.268 e. The van der Waals surface area contributed by atoms with Gasteiger partial charge >= 0.3 is 0 Å². The highest BCUT2D eigenvalue weighted by Gasteiger charge is 2.32. The Morgan fingerprint density at radius 3 is 2.37 bits per heavy atom. The number of benzene rings is 2. The van der Waals surface area contributed by atoms with Crippen molar-refractivity contribution in [1.29, 1.82) is 0 Å². The fourth-order valence-corrected chi connectivity index (χ4v) is 5.39. The number of hydrogen-bond donors (Lipinski definition) is 1. The Bertz CT molecular complexity index is 1190. The Labute approximate surface area is 184 Å². The molecule has 0 fully saturated rings. The predicted octanol–water partition coefficient (Wildman–Crippen LogP) is 3.94. The molecule has 1 N–H and O–H groups in total. The molecule has 1 amide bonds. The maximum atomic E-state index is 13.6. The zero-order valence-electron chi connectivity index (χ0n) is 17.2. The summed E-state index contributed by atoms with van der Waals surface area (Å²) in [5.41, 5.74) is 2.87. The number of anilines is 2. The molecule has 3 rings (SSSR count). The first kappa shape index (κ1) is 22.0. The minimum atomic E-state index is -4.02. The molecule has 3 aromatic rings. The maximum absolute atomic E-state index is 13.6. The van der Waals surface area contributed by atoms with E-state index in [1.165, 1.54) is 4.68 Å². The molecule has 0 atom stereocenters. The SMILES string of the molecule is Cc1ccc(N(CC(=O)Nc2cccc(Br)c2)S(=O)(=O)c2c(C)nn(C)c2C)cc1. The first-order chi connectivity index (χ1) is 14.1. The second-order valence-corrected chi connectivity index (χ2v) is 9.74. The highest BCUT2D eigenvalue weighted by molar-refractivity contribution is 9.10. The Morgan fingerprint density at radius 1 is 1.13 bits per heavy atom.